The molecule has 130 valence electrons. The van der Waals surface area contributed by atoms with Crippen LogP contribution in [0.3, 0.4) is 0 Å². The fourth-order valence-electron chi connectivity index (χ4n) is 2.50. The maximum Gasteiger partial charge on any atom is 0.324 e. The van der Waals surface area contributed by atoms with E-state index in [1.807, 2.05) is 18.2 Å². The van der Waals surface area contributed by atoms with Gasteiger partial charge in [0.2, 0.25) is 5.91 Å². The zero-order valence-corrected chi connectivity index (χ0v) is 14.2. The fourth-order valence-corrected chi connectivity index (χ4v) is 2.50. The number of hydrogen-bond donors (Lipinski definition) is 3. The van der Waals surface area contributed by atoms with Crippen molar-refractivity contribution >= 4 is 17.9 Å². The van der Waals surface area contributed by atoms with Gasteiger partial charge in [-0.15, -0.1) is 0 Å². The van der Waals surface area contributed by atoms with E-state index in [0.717, 1.165) is 12.8 Å². The smallest absolute Gasteiger partial charge is 0.324 e. The van der Waals surface area contributed by atoms with E-state index in [2.05, 4.69) is 40.0 Å². The zero-order valence-electron chi connectivity index (χ0n) is 14.2. The minimum absolute atomic E-state index is 0.0856. The molecule has 1 unspecified atom stereocenters. The summed E-state index contributed by atoms with van der Waals surface area (Å²) in [6.07, 6.45) is 1.98. The molecule has 3 N–H and O–H groups in total. The number of carbonyl (C=O) groups excluding carboxylic acids is 2. The number of carbonyl (C=O) groups is 2. The minimum atomic E-state index is -0.332. The molecule has 0 aromatic heterocycles. The van der Waals surface area contributed by atoms with Gasteiger partial charge in [-0.2, -0.15) is 0 Å². The number of nitrogens with one attached hydrogen (secondary N) is 3. The van der Waals surface area contributed by atoms with Crippen molar-refractivity contribution in [3.63, 3.8) is 0 Å². The second kappa shape index (κ2) is 8.90. The summed E-state index contributed by atoms with van der Waals surface area (Å²) in [5.41, 5.74) is 1.31. The van der Waals surface area contributed by atoms with Crippen LogP contribution in [0, 0.1) is 0 Å². The van der Waals surface area contributed by atoms with Gasteiger partial charge in [0.05, 0.1) is 6.54 Å². The van der Waals surface area contributed by atoms with Crippen molar-refractivity contribution in [1.82, 2.24) is 20.9 Å². The van der Waals surface area contributed by atoms with Gasteiger partial charge in [0.25, 0.3) is 0 Å². The van der Waals surface area contributed by atoms with Crippen molar-refractivity contribution < 1.29 is 9.59 Å². The van der Waals surface area contributed by atoms with Crippen molar-refractivity contribution in [2.45, 2.75) is 25.8 Å². The Labute approximate surface area is 142 Å². The third-order valence-electron chi connectivity index (χ3n) is 3.88. The quantitative estimate of drug-likeness (QED) is 0.390. The van der Waals surface area contributed by atoms with E-state index in [1.165, 1.54) is 10.5 Å². The molecule has 1 atom stereocenters. The van der Waals surface area contributed by atoms with E-state index >= 15 is 0 Å². The van der Waals surface area contributed by atoms with E-state index in [9.17, 15) is 9.59 Å². The number of hydrogen-bond acceptors (Lipinski definition) is 3. The third kappa shape index (κ3) is 5.26. The number of imide groups is 1. The molecule has 0 bridgehead atoms. The van der Waals surface area contributed by atoms with Crippen molar-refractivity contribution in [3.8, 4) is 0 Å². The largest absolute Gasteiger partial charge is 0.355 e. The van der Waals surface area contributed by atoms with Gasteiger partial charge in [-0.25, -0.2) is 4.79 Å². The number of amides is 3. The monoisotopic (exact) mass is 331 g/mol. The molecule has 0 spiro atoms. The number of aryl methyl sites for hydroxylation is 1. The zero-order chi connectivity index (χ0) is 17.4. The fraction of sp³-hybridized carbons (Fsp3) is 0.471. The van der Waals surface area contributed by atoms with Gasteiger partial charge in [0, 0.05) is 26.2 Å². The van der Waals surface area contributed by atoms with Gasteiger partial charge in [0.15, 0.2) is 5.96 Å². The van der Waals surface area contributed by atoms with Crippen LogP contribution in [0.15, 0.2) is 35.3 Å². The minimum Gasteiger partial charge on any atom is -0.355 e. The molecule has 2 rings (SSSR count). The predicted octanol–water partition coefficient (Wildman–Crippen LogP) is 0.725. The maximum atomic E-state index is 11.5. The van der Waals surface area contributed by atoms with Crippen LogP contribution in [0.2, 0.25) is 0 Å². The van der Waals surface area contributed by atoms with Crippen LogP contribution in [0.25, 0.3) is 0 Å². The molecule has 1 aliphatic heterocycles. The SMILES string of the molecule is CN=C(NCCN1C(=O)CNC1=O)NC(C)CCc1ccccc1. The van der Waals surface area contributed by atoms with Crippen LogP contribution in [-0.4, -0.2) is 55.5 Å². The lowest BCUT2D eigenvalue weighted by Gasteiger charge is -2.19. The molecular weight excluding hydrogens is 306 g/mol. The highest BCUT2D eigenvalue weighted by molar-refractivity contribution is 6.01. The second-order valence-electron chi connectivity index (χ2n) is 5.77. The predicted molar refractivity (Wildman–Crippen MR) is 93.8 cm³/mol. The highest BCUT2D eigenvalue weighted by Gasteiger charge is 2.27. The number of benzene rings is 1. The molecule has 7 nitrogen and oxygen atoms in total. The molecule has 1 fully saturated rings. The Morgan fingerprint density at radius 1 is 1.33 bits per heavy atom. The van der Waals surface area contributed by atoms with Crippen LogP contribution in [-0.2, 0) is 11.2 Å². The van der Waals surface area contributed by atoms with Crippen LogP contribution in [0.1, 0.15) is 18.9 Å². The molecule has 1 heterocycles. The number of aliphatic imine (C=N–C) groups is 1. The number of guanidine groups is 1. The van der Waals surface area contributed by atoms with Gasteiger partial charge in [-0.1, -0.05) is 30.3 Å². The summed E-state index contributed by atoms with van der Waals surface area (Å²) >= 11 is 0. The maximum absolute atomic E-state index is 11.5. The van der Waals surface area contributed by atoms with Crippen LogP contribution in [0.4, 0.5) is 4.79 Å². The summed E-state index contributed by atoms with van der Waals surface area (Å²) in [6.45, 7) is 2.98. The Morgan fingerprint density at radius 3 is 2.71 bits per heavy atom. The molecule has 7 heteroatoms. The van der Waals surface area contributed by atoms with E-state index in [4.69, 9.17) is 0 Å². The molecule has 0 radical (unpaired) electrons. The molecule has 3 amide bonds. The molecule has 0 saturated carbocycles. The normalized spacial score (nSPS) is 16.1. The molecule has 0 aliphatic carbocycles. The molecule has 1 saturated heterocycles. The van der Waals surface area contributed by atoms with Crippen LogP contribution in [0.5, 0.6) is 0 Å². The first-order valence-corrected chi connectivity index (χ1v) is 8.19. The van der Waals surface area contributed by atoms with E-state index < -0.39 is 0 Å². The summed E-state index contributed by atoms with van der Waals surface area (Å²) in [7, 11) is 1.70. The van der Waals surface area contributed by atoms with Gasteiger partial charge in [-0.3, -0.25) is 14.7 Å². The lowest BCUT2D eigenvalue weighted by molar-refractivity contribution is -0.124. The second-order valence-corrected chi connectivity index (χ2v) is 5.77. The average Bonchev–Trinajstić information content (AvgIpc) is 2.91. The summed E-state index contributed by atoms with van der Waals surface area (Å²) in [5, 5.41) is 8.95. The lowest BCUT2D eigenvalue weighted by Crippen LogP contribution is -2.45. The highest BCUT2D eigenvalue weighted by Crippen LogP contribution is 2.04. The lowest BCUT2D eigenvalue weighted by atomic mass is 10.1. The van der Waals surface area contributed by atoms with Crippen LogP contribution >= 0.6 is 0 Å². The summed E-state index contributed by atoms with van der Waals surface area (Å²) in [4.78, 5) is 28.3. The highest BCUT2D eigenvalue weighted by atomic mass is 16.2. The molecule has 1 aliphatic rings. The van der Waals surface area contributed by atoms with Crippen LogP contribution < -0.4 is 16.0 Å². The summed E-state index contributed by atoms with van der Waals surface area (Å²) in [6, 6.07) is 10.3. The van der Waals surface area contributed by atoms with Gasteiger partial charge >= 0.3 is 6.03 Å². The van der Waals surface area contributed by atoms with Gasteiger partial charge in [-0.05, 0) is 25.3 Å². The third-order valence-corrected chi connectivity index (χ3v) is 3.88. The average molecular weight is 331 g/mol. The van der Waals surface area contributed by atoms with E-state index in [1.54, 1.807) is 7.05 Å². The van der Waals surface area contributed by atoms with Gasteiger partial charge in [0.1, 0.15) is 0 Å². The Kier molecular flexibility index (Phi) is 6.60. The first-order valence-electron chi connectivity index (χ1n) is 8.19. The summed E-state index contributed by atoms with van der Waals surface area (Å²) < 4.78 is 0. The Balaban J connectivity index is 1.69. The number of urea groups is 1. The van der Waals surface area contributed by atoms with Gasteiger partial charge < -0.3 is 16.0 Å². The number of rotatable bonds is 7. The standard InChI is InChI=1S/C17H25N5O2/c1-13(8-9-14-6-4-3-5-7-14)21-16(18-2)19-10-11-22-15(23)12-20-17(22)24/h3-7,13H,8-12H2,1-2H3,(H,20,24)(H2,18,19,21). The number of nitrogens with zero attached hydrogens (tertiary/aromatic N) is 2. The molecule has 1 aromatic carbocycles. The summed E-state index contributed by atoms with van der Waals surface area (Å²) in [5.74, 6) is 0.476. The van der Waals surface area contributed by atoms with E-state index in [-0.39, 0.29) is 24.5 Å². The Bertz CT molecular complexity index is 572. The molecule has 1 aromatic rings. The topological polar surface area (TPSA) is 85.8 Å². The molecular formula is C17H25N5O2. The first kappa shape index (κ1) is 17.8. The Hall–Kier alpha value is -2.57. The first-order chi connectivity index (χ1) is 11.6. The van der Waals surface area contributed by atoms with E-state index in [0.29, 0.717) is 19.0 Å². The van der Waals surface area contributed by atoms with Crippen molar-refractivity contribution in [1.29, 1.82) is 0 Å². The van der Waals surface area contributed by atoms with Crippen molar-refractivity contribution in [3.05, 3.63) is 35.9 Å². The molecule has 24 heavy (non-hydrogen) atoms. The van der Waals surface area contributed by atoms with Crippen molar-refractivity contribution in [2.24, 2.45) is 4.99 Å². The van der Waals surface area contributed by atoms with Crippen molar-refractivity contribution in [2.75, 3.05) is 26.7 Å². The Morgan fingerprint density at radius 2 is 2.08 bits per heavy atom.